The van der Waals surface area contributed by atoms with Crippen LogP contribution < -0.4 is 16.0 Å². The highest BCUT2D eigenvalue weighted by Gasteiger charge is 2.41. The number of ether oxygens (including phenoxy) is 2. The Morgan fingerprint density at radius 3 is 2.08 bits per heavy atom. The molecule has 0 radical (unpaired) electrons. The predicted molar refractivity (Wildman–Crippen MR) is 199 cm³/mol. The van der Waals surface area contributed by atoms with Crippen LogP contribution >= 0.6 is 0 Å². The molecule has 280 valence electrons. The molecular weight excluding hydrogens is 678 g/mol. The lowest BCUT2D eigenvalue weighted by Crippen LogP contribution is -2.55. The molecule has 0 saturated carbocycles. The lowest BCUT2D eigenvalue weighted by atomic mass is 10.0. The fourth-order valence-electron chi connectivity index (χ4n) is 7.00. The number of aromatic nitrogens is 4. The highest BCUT2D eigenvalue weighted by molar-refractivity contribution is 5.91. The van der Waals surface area contributed by atoms with E-state index in [1.54, 1.807) is 56.1 Å². The predicted octanol–water partition coefficient (Wildman–Crippen LogP) is 4.88. The van der Waals surface area contributed by atoms with Gasteiger partial charge in [0.15, 0.2) is 0 Å². The zero-order chi connectivity index (χ0) is 37.9. The van der Waals surface area contributed by atoms with Gasteiger partial charge in [-0.1, -0.05) is 24.3 Å². The highest BCUT2D eigenvalue weighted by Crippen LogP contribution is 2.34. The van der Waals surface area contributed by atoms with Gasteiger partial charge in [0.2, 0.25) is 17.8 Å². The zero-order valence-corrected chi connectivity index (χ0v) is 31.0. The fraction of sp³-hybridized carbons (Fsp3) is 0.447. The lowest BCUT2D eigenvalue weighted by Gasteiger charge is -2.32. The van der Waals surface area contributed by atoms with E-state index in [0.29, 0.717) is 38.0 Å². The average Bonchev–Trinajstić information content (AvgIpc) is 3.94. The largest absolute Gasteiger partial charge is 0.453 e. The van der Waals surface area contributed by atoms with Gasteiger partial charge in [-0.05, 0) is 81.3 Å². The van der Waals surface area contributed by atoms with Crippen LogP contribution in [0.1, 0.15) is 58.8 Å². The Bertz CT molecular complexity index is 1990. The van der Waals surface area contributed by atoms with E-state index in [2.05, 4.69) is 64.9 Å². The van der Waals surface area contributed by atoms with Crippen molar-refractivity contribution in [3.63, 3.8) is 0 Å². The number of imidazole rings is 1. The first kappa shape index (κ1) is 37.0. The molecule has 0 spiro atoms. The number of amides is 4. The Kier molecular flexibility index (Phi) is 10.5. The maximum Gasteiger partial charge on any atom is 0.407 e. The molecule has 4 N–H and O–H groups in total. The van der Waals surface area contributed by atoms with Crippen molar-refractivity contribution in [2.45, 2.75) is 64.1 Å². The number of H-pyrrole nitrogens is 1. The summed E-state index contributed by atoms with van der Waals surface area (Å²) in [5.41, 5.74) is 1.52. The SMILES string of the molecule is COC(=O)NC(C)(C)C(=O)N1CC[C@H](CNc2ncc(-c3ccc4cc(-c5cnc([C@H]6CCCN6C(=O)C(C)(C)NC(=O)OC)[nH]5)ccc4c3)cn2)C1. The van der Waals surface area contributed by atoms with Crippen LogP contribution in [0.25, 0.3) is 33.2 Å². The molecule has 2 saturated heterocycles. The number of carbonyl (C=O) groups is 4. The van der Waals surface area contributed by atoms with Gasteiger partial charge in [-0.3, -0.25) is 9.59 Å². The van der Waals surface area contributed by atoms with E-state index < -0.39 is 23.3 Å². The molecule has 4 aromatic rings. The quantitative estimate of drug-likeness (QED) is 0.176. The van der Waals surface area contributed by atoms with Gasteiger partial charge in [0, 0.05) is 49.7 Å². The van der Waals surface area contributed by atoms with Crippen LogP contribution in [-0.4, -0.2) is 105 Å². The molecule has 15 nitrogen and oxygen atoms in total. The summed E-state index contributed by atoms with van der Waals surface area (Å²) >= 11 is 0. The van der Waals surface area contributed by atoms with Crippen molar-refractivity contribution in [1.82, 2.24) is 40.4 Å². The van der Waals surface area contributed by atoms with E-state index in [4.69, 9.17) is 4.74 Å². The van der Waals surface area contributed by atoms with Crippen molar-refractivity contribution >= 4 is 40.7 Å². The minimum atomic E-state index is -1.12. The van der Waals surface area contributed by atoms with E-state index in [1.165, 1.54) is 14.2 Å². The van der Waals surface area contributed by atoms with E-state index in [1.807, 2.05) is 12.1 Å². The standard InChI is InChI=1S/C38H47N9O6/c1-37(2,44-35(50)52-5)32(48)46-15-13-23(22-46)18-40-34-41-19-28(20-42-34)26-10-9-25-17-27(12-11-24(25)16-26)29-21-39-31(43-29)30-8-7-14-47(30)33(49)38(3,4)45-36(51)53-6/h9-12,16-17,19-21,23,30H,7-8,13-15,18,22H2,1-6H3,(H,39,43)(H,44,50)(H,45,51)(H,40,41,42)/t23-,30-/m1/s1. The summed E-state index contributed by atoms with van der Waals surface area (Å²) in [4.78, 5) is 70.6. The molecule has 2 aromatic carbocycles. The first-order valence-electron chi connectivity index (χ1n) is 17.8. The number of alkyl carbamates (subject to hydrolysis) is 2. The van der Waals surface area contributed by atoms with Gasteiger partial charge in [0.05, 0.1) is 32.2 Å². The molecule has 0 aliphatic carbocycles. The second kappa shape index (κ2) is 15.1. The highest BCUT2D eigenvalue weighted by atomic mass is 16.5. The monoisotopic (exact) mass is 725 g/mol. The van der Waals surface area contributed by atoms with Crippen molar-refractivity contribution in [1.29, 1.82) is 0 Å². The summed E-state index contributed by atoms with van der Waals surface area (Å²) in [5.74, 6) is 1.12. The van der Waals surface area contributed by atoms with E-state index in [-0.39, 0.29) is 23.8 Å². The summed E-state index contributed by atoms with van der Waals surface area (Å²) in [6.07, 6.45) is 6.55. The maximum atomic E-state index is 13.4. The Hall–Kier alpha value is -5.73. The number of methoxy groups -OCH3 is 2. The second-order valence-electron chi connectivity index (χ2n) is 14.7. The summed E-state index contributed by atoms with van der Waals surface area (Å²) in [6, 6.07) is 12.2. The number of fused-ring (bicyclic) bond motifs is 1. The number of rotatable bonds is 10. The van der Waals surface area contributed by atoms with Gasteiger partial charge in [0.25, 0.3) is 0 Å². The summed E-state index contributed by atoms with van der Waals surface area (Å²) in [6.45, 7) is 9.07. The van der Waals surface area contributed by atoms with E-state index in [9.17, 15) is 19.2 Å². The summed E-state index contributed by atoms with van der Waals surface area (Å²) in [7, 11) is 2.55. The molecule has 0 bridgehead atoms. The zero-order valence-electron chi connectivity index (χ0n) is 31.0. The number of hydrogen-bond donors (Lipinski definition) is 4. The van der Waals surface area contributed by atoms with Crippen LogP contribution in [0.5, 0.6) is 0 Å². The minimum absolute atomic E-state index is 0.147. The molecule has 2 aliphatic heterocycles. The molecule has 6 rings (SSSR count). The normalized spacial score (nSPS) is 17.5. The number of aromatic amines is 1. The first-order valence-corrected chi connectivity index (χ1v) is 17.8. The van der Waals surface area contributed by atoms with Crippen LogP contribution in [0.3, 0.4) is 0 Å². The van der Waals surface area contributed by atoms with E-state index in [0.717, 1.165) is 52.4 Å². The second-order valence-corrected chi connectivity index (χ2v) is 14.7. The van der Waals surface area contributed by atoms with Crippen LogP contribution in [0.2, 0.25) is 0 Å². The molecule has 2 aliphatic rings. The van der Waals surface area contributed by atoms with Gasteiger partial charge in [-0.2, -0.15) is 0 Å². The van der Waals surface area contributed by atoms with Gasteiger partial charge < -0.3 is 40.2 Å². The van der Waals surface area contributed by atoms with E-state index >= 15 is 0 Å². The van der Waals surface area contributed by atoms with Gasteiger partial charge in [-0.25, -0.2) is 24.5 Å². The topological polar surface area (TPSA) is 184 Å². The van der Waals surface area contributed by atoms with Crippen molar-refractivity contribution in [3.8, 4) is 22.4 Å². The number of anilines is 1. The number of likely N-dealkylation sites (tertiary alicyclic amines) is 2. The molecule has 15 heteroatoms. The molecule has 0 unspecified atom stereocenters. The number of hydrogen-bond acceptors (Lipinski definition) is 10. The van der Waals surface area contributed by atoms with Gasteiger partial charge in [-0.15, -0.1) is 0 Å². The third-order valence-corrected chi connectivity index (χ3v) is 9.95. The third kappa shape index (κ3) is 8.18. The Morgan fingerprint density at radius 1 is 0.792 bits per heavy atom. The lowest BCUT2D eigenvalue weighted by molar-refractivity contribution is -0.138. The number of nitrogens with one attached hydrogen (secondary N) is 4. The Morgan fingerprint density at radius 2 is 1.42 bits per heavy atom. The Balaban J connectivity index is 1.06. The van der Waals surface area contributed by atoms with Gasteiger partial charge >= 0.3 is 12.2 Å². The van der Waals surface area contributed by atoms with Crippen molar-refractivity contribution in [2.75, 3.05) is 45.7 Å². The van der Waals surface area contributed by atoms with Gasteiger partial charge in [0.1, 0.15) is 16.9 Å². The molecule has 4 heterocycles. The molecular formula is C38H47N9O6. The smallest absolute Gasteiger partial charge is 0.407 e. The molecule has 2 fully saturated rings. The average molecular weight is 726 g/mol. The van der Waals surface area contributed by atoms with Crippen LogP contribution in [-0.2, 0) is 19.1 Å². The maximum absolute atomic E-state index is 13.4. The fourth-order valence-corrected chi connectivity index (χ4v) is 7.00. The van der Waals surface area contributed by atoms with Crippen LogP contribution in [0.4, 0.5) is 15.5 Å². The first-order chi connectivity index (χ1) is 25.3. The number of nitrogens with zero attached hydrogens (tertiary/aromatic N) is 5. The minimum Gasteiger partial charge on any atom is -0.453 e. The summed E-state index contributed by atoms with van der Waals surface area (Å²) in [5, 5.41) is 10.7. The van der Waals surface area contributed by atoms with Crippen LogP contribution in [0.15, 0.2) is 55.0 Å². The molecule has 2 aromatic heterocycles. The van der Waals surface area contributed by atoms with Crippen molar-refractivity contribution < 1.29 is 28.7 Å². The number of carbonyl (C=O) groups excluding carboxylic acids is 4. The van der Waals surface area contributed by atoms with Crippen LogP contribution in [0, 0.1) is 5.92 Å². The molecule has 4 amide bonds. The summed E-state index contributed by atoms with van der Waals surface area (Å²) < 4.78 is 9.36. The van der Waals surface area contributed by atoms with Crippen molar-refractivity contribution in [2.24, 2.45) is 5.92 Å². The Labute approximate surface area is 308 Å². The molecule has 53 heavy (non-hydrogen) atoms. The molecule has 2 atom stereocenters. The third-order valence-electron chi connectivity index (χ3n) is 9.95. The van der Waals surface area contributed by atoms with Crippen molar-refractivity contribution in [3.05, 3.63) is 60.8 Å². The number of benzene rings is 2.